The number of benzene rings is 3. The summed E-state index contributed by atoms with van der Waals surface area (Å²) < 4.78 is 37.1. The van der Waals surface area contributed by atoms with Gasteiger partial charge < -0.3 is 8.92 Å². The zero-order valence-electron chi connectivity index (χ0n) is 19.3. The van der Waals surface area contributed by atoms with E-state index in [0.717, 1.165) is 17.7 Å². The molecule has 33 heavy (non-hydrogen) atoms. The maximum atomic E-state index is 12.8. The SMILES string of the molecule is CCCCCCCCOc1ccc(-c2ccccc2OS(=O)(=O)c2ccccc2C)cc1.I. The number of hydrogen-bond acceptors (Lipinski definition) is 4. The predicted molar refractivity (Wildman–Crippen MR) is 145 cm³/mol. The Labute approximate surface area is 215 Å². The molecule has 0 saturated carbocycles. The highest BCUT2D eigenvalue weighted by Crippen LogP contribution is 2.33. The molecule has 3 rings (SSSR count). The van der Waals surface area contributed by atoms with Gasteiger partial charge in [-0.05, 0) is 48.7 Å². The Kier molecular flexibility index (Phi) is 11.2. The smallest absolute Gasteiger partial charge is 0.339 e. The van der Waals surface area contributed by atoms with Gasteiger partial charge in [-0.1, -0.05) is 87.6 Å². The first kappa shape index (κ1) is 27.2. The van der Waals surface area contributed by atoms with Gasteiger partial charge in [0.1, 0.15) is 10.6 Å². The largest absolute Gasteiger partial charge is 0.494 e. The van der Waals surface area contributed by atoms with E-state index in [4.69, 9.17) is 8.92 Å². The van der Waals surface area contributed by atoms with Gasteiger partial charge in [0.15, 0.2) is 5.75 Å². The number of rotatable bonds is 12. The van der Waals surface area contributed by atoms with Crippen molar-refractivity contribution in [3.63, 3.8) is 0 Å². The second-order valence-electron chi connectivity index (χ2n) is 7.94. The molecule has 0 aliphatic rings. The number of aryl methyl sites for hydroxylation is 1. The zero-order chi connectivity index (χ0) is 22.8. The van der Waals surface area contributed by atoms with Gasteiger partial charge in [-0.3, -0.25) is 0 Å². The lowest BCUT2D eigenvalue weighted by Crippen LogP contribution is -2.11. The third kappa shape index (κ3) is 8.03. The molecule has 0 amide bonds. The summed E-state index contributed by atoms with van der Waals surface area (Å²) in [6.45, 7) is 4.69. The van der Waals surface area contributed by atoms with Crippen molar-refractivity contribution in [2.75, 3.05) is 6.61 Å². The minimum Gasteiger partial charge on any atom is -0.494 e. The van der Waals surface area contributed by atoms with E-state index < -0.39 is 10.1 Å². The van der Waals surface area contributed by atoms with E-state index >= 15 is 0 Å². The van der Waals surface area contributed by atoms with Crippen LogP contribution in [0.1, 0.15) is 51.0 Å². The molecule has 0 saturated heterocycles. The molecular weight excluding hydrogens is 547 g/mol. The second kappa shape index (κ2) is 13.6. The summed E-state index contributed by atoms with van der Waals surface area (Å²) in [6.07, 6.45) is 7.37. The molecule has 4 nitrogen and oxygen atoms in total. The van der Waals surface area contributed by atoms with Crippen molar-refractivity contribution in [2.24, 2.45) is 0 Å². The molecule has 0 bridgehead atoms. The summed E-state index contributed by atoms with van der Waals surface area (Å²) in [5, 5.41) is 0. The van der Waals surface area contributed by atoms with E-state index in [0.29, 0.717) is 23.5 Å². The minimum absolute atomic E-state index is 0. The Balaban J connectivity index is 0.00000385. The van der Waals surface area contributed by atoms with E-state index in [-0.39, 0.29) is 28.9 Å². The molecule has 0 atom stereocenters. The van der Waals surface area contributed by atoms with E-state index in [9.17, 15) is 8.42 Å². The number of ether oxygens (including phenoxy) is 1. The third-order valence-corrected chi connectivity index (χ3v) is 6.78. The molecule has 0 aliphatic heterocycles. The number of halogens is 1. The summed E-state index contributed by atoms with van der Waals surface area (Å²) in [7, 11) is -3.93. The average Bonchev–Trinajstić information content (AvgIpc) is 2.79. The first-order valence-corrected chi connectivity index (χ1v) is 12.7. The number of unbranched alkanes of at least 4 members (excludes halogenated alkanes) is 5. The van der Waals surface area contributed by atoms with Crippen molar-refractivity contribution in [3.8, 4) is 22.6 Å². The molecule has 0 radical (unpaired) electrons. The molecule has 0 aromatic heterocycles. The van der Waals surface area contributed by atoms with E-state index in [2.05, 4.69) is 6.92 Å². The highest BCUT2D eigenvalue weighted by atomic mass is 127. The van der Waals surface area contributed by atoms with Crippen LogP contribution in [0.15, 0.2) is 77.7 Å². The molecule has 0 aliphatic carbocycles. The third-order valence-electron chi connectivity index (χ3n) is 5.38. The van der Waals surface area contributed by atoms with Crippen molar-refractivity contribution < 1.29 is 17.3 Å². The van der Waals surface area contributed by atoms with Crippen LogP contribution in [0.3, 0.4) is 0 Å². The van der Waals surface area contributed by atoms with Crippen LogP contribution in [-0.4, -0.2) is 15.0 Å². The molecule has 0 N–H and O–H groups in total. The Morgan fingerprint density at radius 2 is 1.39 bits per heavy atom. The van der Waals surface area contributed by atoms with Crippen LogP contribution >= 0.6 is 24.0 Å². The van der Waals surface area contributed by atoms with Crippen molar-refractivity contribution in [3.05, 3.63) is 78.4 Å². The Morgan fingerprint density at radius 1 is 0.758 bits per heavy atom. The van der Waals surface area contributed by atoms with Gasteiger partial charge in [0.05, 0.1) is 6.61 Å². The predicted octanol–water partition coefficient (Wildman–Crippen LogP) is 7.79. The molecule has 178 valence electrons. The first-order chi connectivity index (χ1) is 15.5. The Bertz CT molecular complexity index is 1100. The second-order valence-corrected chi connectivity index (χ2v) is 9.45. The van der Waals surface area contributed by atoms with E-state index in [1.807, 2.05) is 36.4 Å². The molecule has 0 spiro atoms. The summed E-state index contributed by atoms with van der Waals surface area (Å²) in [5.74, 6) is 1.12. The summed E-state index contributed by atoms with van der Waals surface area (Å²) >= 11 is 0. The van der Waals surface area contributed by atoms with Crippen LogP contribution in [0.5, 0.6) is 11.5 Å². The molecule has 3 aromatic rings. The van der Waals surface area contributed by atoms with Crippen LogP contribution in [0.4, 0.5) is 0 Å². The highest BCUT2D eigenvalue weighted by Gasteiger charge is 2.20. The van der Waals surface area contributed by atoms with Crippen LogP contribution in [-0.2, 0) is 10.1 Å². The molecule has 3 aromatic carbocycles. The van der Waals surface area contributed by atoms with Gasteiger partial charge >= 0.3 is 10.1 Å². The summed E-state index contributed by atoms with van der Waals surface area (Å²) in [6, 6.07) is 21.7. The number of hydrogen-bond donors (Lipinski definition) is 0. The standard InChI is InChI=1S/C27H32O4S.HI/c1-3-4-5-6-7-12-21-30-24-19-17-23(18-20-24)25-14-9-10-15-26(25)31-32(28,29)27-16-11-8-13-22(27)2;/h8-11,13-20H,3-7,12,21H2,1-2H3;1H. The molecule has 0 unspecified atom stereocenters. The highest BCUT2D eigenvalue weighted by molar-refractivity contribution is 14.0. The van der Waals surface area contributed by atoms with Crippen LogP contribution < -0.4 is 8.92 Å². The van der Waals surface area contributed by atoms with Gasteiger partial charge in [0.25, 0.3) is 0 Å². The van der Waals surface area contributed by atoms with Gasteiger partial charge in [-0.25, -0.2) is 0 Å². The quantitative estimate of drug-likeness (QED) is 0.125. The van der Waals surface area contributed by atoms with Crippen LogP contribution in [0.2, 0.25) is 0 Å². The number of para-hydroxylation sites is 1. The van der Waals surface area contributed by atoms with Gasteiger partial charge in [0.2, 0.25) is 0 Å². The minimum atomic E-state index is -3.93. The van der Waals surface area contributed by atoms with E-state index in [1.165, 1.54) is 32.1 Å². The van der Waals surface area contributed by atoms with E-state index in [1.54, 1.807) is 43.3 Å². The van der Waals surface area contributed by atoms with Crippen LogP contribution in [0, 0.1) is 6.92 Å². The first-order valence-electron chi connectivity index (χ1n) is 11.3. The zero-order valence-corrected chi connectivity index (χ0v) is 22.5. The molecular formula is C27H33IO4S. The average molecular weight is 581 g/mol. The van der Waals surface area contributed by atoms with Crippen molar-refractivity contribution in [2.45, 2.75) is 57.3 Å². The normalized spacial score (nSPS) is 11.0. The van der Waals surface area contributed by atoms with Crippen LogP contribution in [0.25, 0.3) is 11.1 Å². The fraction of sp³-hybridized carbons (Fsp3) is 0.333. The fourth-order valence-corrected chi connectivity index (χ4v) is 4.76. The molecule has 0 fully saturated rings. The Morgan fingerprint density at radius 3 is 2.12 bits per heavy atom. The lowest BCUT2D eigenvalue weighted by Gasteiger charge is -2.13. The van der Waals surface area contributed by atoms with Gasteiger partial charge in [-0.15, -0.1) is 24.0 Å². The summed E-state index contributed by atoms with van der Waals surface area (Å²) in [4.78, 5) is 0.174. The van der Waals surface area contributed by atoms with Crippen molar-refractivity contribution in [1.82, 2.24) is 0 Å². The summed E-state index contributed by atoms with van der Waals surface area (Å²) in [5.41, 5.74) is 2.23. The lowest BCUT2D eigenvalue weighted by atomic mass is 10.0. The van der Waals surface area contributed by atoms with Gasteiger partial charge in [0, 0.05) is 5.56 Å². The van der Waals surface area contributed by atoms with Crippen molar-refractivity contribution in [1.29, 1.82) is 0 Å². The topological polar surface area (TPSA) is 52.6 Å². The molecule has 6 heteroatoms. The Hall–Kier alpha value is -2.06. The fourth-order valence-electron chi connectivity index (χ4n) is 3.58. The lowest BCUT2D eigenvalue weighted by molar-refractivity contribution is 0.304. The van der Waals surface area contributed by atoms with Gasteiger partial charge in [-0.2, -0.15) is 8.42 Å². The maximum Gasteiger partial charge on any atom is 0.339 e. The maximum absolute atomic E-state index is 12.8. The van der Waals surface area contributed by atoms with Crippen molar-refractivity contribution >= 4 is 34.1 Å². The molecule has 0 heterocycles. The monoisotopic (exact) mass is 580 g/mol.